The molecule has 2 aromatic rings. The van der Waals surface area contributed by atoms with Crippen molar-refractivity contribution in [3.63, 3.8) is 0 Å². The standard InChI is InChI=1S/C19H20Cl2NO4S/c20-15-6-7-19(17(21)12-15)26-16-8-10-22(11-9-16)27(24,25)13-18(23)14-4-2-1-3-5-14/h1-7,12,16,18H,8-11,13H2/t18-/m0/s1. The quantitative estimate of drug-likeness (QED) is 0.686. The summed E-state index contributed by atoms with van der Waals surface area (Å²) in [5.74, 6) is 0.0945. The molecule has 0 unspecified atom stereocenters. The highest BCUT2D eigenvalue weighted by molar-refractivity contribution is 7.89. The first-order valence-corrected chi connectivity index (χ1v) is 11.0. The molecule has 1 atom stereocenters. The Kier molecular flexibility index (Phi) is 6.65. The molecular formula is C19H20Cl2NO4S. The molecule has 1 heterocycles. The lowest BCUT2D eigenvalue weighted by Gasteiger charge is -2.32. The molecule has 0 aliphatic carbocycles. The summed E-state index contributed by atoms with van der Waals surface area (Å²) < 4.78 is 32.4. The van der Waals surface area contributed by atoms with Crippen LogP contribution in [-0.2, 0) is 15.1 Å². The van der Waals surface area contributed by atoms with E-state index < -0.39 is 21.9 Å². The Bertz CT molecular complexity index is 869. The summed E-state index contributed by atoms with van der Waals surface area (Å²) in [7, 11) is -3.62. The Morgan fingerprint density at radius 3 is 2.37 bits per heavy atom. The van der Waals surface area contributed by atoms with Crippen molar-refractivity contribution >= 4 is 33.2 Å². The molecule has 0 amide bonds. The van der Waals surface area contributed by atoms with Crippen molar-refractivity contribution in [3.8, 4) is 5.75 Å². The molecule has 145 valence electrons. The lowest BCUT2D eigenvalue weighted by molar-refractivity contribution is 0.105. The molecule has 1 radical (unpaired) electrons. The van der Waals surface area contributed by atoms with Gasteiger partial charge < -0.3 is 4.74 Å². The van der Waals surface area contributed by atoms with Gasteiger partial charge in [0.15, 0.2) is 0 Å². The molecule has 0 bridgehead atoms. The van der Waals surface area contributed by atoms with Gasteiger partial charge in [-0.05, 0) is 36.6 Å². The zero-order chi connectivity index (χ0) is 19.4. The van der Waals surface area contributed by atoms with Crippen molar-refractivity contribution in [3.05, 3.63) is 64.1 Å². The Morgan fingerprint density at radius 2 is 1.74 bits per heavy atom. The van der Waals surface area contributed by atoms with Crippen molar-refractivity contribution in [2.45, 2.75) is 25.0 Å². The molecule has 0 spiro atoms. The third-order valence-electron chi connectivity index (χ3n) is 4.52. The maximum atomic E-state index is 12.6. The highest BCUT2D eigenvalue weighted by Crippen LogP contribution is 2.30. The fraction of sp³-hybridized carbons (Fsp3) is 0.368. The number of hydrogen-bond acceptors (Lipinski definition) is 3. The number of halogens is 2. The van der Waals surface area contributed by atoms with Gasteiger partial charge in [0.05, 0.1) is 10.8 Å². The summed E-state index contributed by atoms with van der Waals surface area (Å²) in [5.41, 5.74) is 0.483. The zero-order valence-electron chi connectivity index (χ0n) is 14.6. The predicted molar refractivity (Wildman–Crippen MR) is 105 cm³/mol. The maximum absolute atomic E-state index is 12.6. The first kappa shape index (κ1) is 20.4. The monoisotopic (exact) mass is 428 g/mol. The molecule has 0 saturated carbocycles. The van der Waals surface area contributed by atoms with Crippen LogP contribution in [0.5, 0.6) is 5.75 Å². The van der Waals surface area contributed by atoms with E-state index in [4.69, 9.17) is 27.9 Å². The van der Waals surface area contributed by atoms with Gasteiger partial charge in [-0.25, -0.2) is 17.8 Å². The van der Waals surface area contributed by atoms with Crippen molar-refractivity contribution in [1.82, 2.24) is 4.31 Å². The van der Waals surface area contributed by atoms with Crippen molar-refractivity contribution < 1.29 is 18.3 Å². The van der Waals surface area contributed by atoms with Crippen LogP contribution < -0.4 is 4.74 Å². The van der Waals surface area contributed by atoms with Crippen LogP contribution in [0.3, 0.4) is 0 Å². The van der Waals surface area contributed by atoms with E-state index in [-0.39, 0.29) is 6.10 Å². The lowest BCUT2D eigenvalue weighted by Crippen LogP contribution is -2.43. The zero-order valence-corrected chi connectivity index (χ0v) is 16.9. The summed E-state index contributed by atoms with van der Waals surface area (Å²) >= 11 is 12.0. The third-order valence-corrected chi connectivity index (χ3v) is 6.92. The Balaban J connectivity index is 1.56. The van der Waals surface area contributed by atoms with E-state index in [1.807, 2.05) is 0 Å². The van der Waals surface area contributed by atoms with Crippen LogP contribution in [0.25, 0.3) is 0 Å². The van der Waals surface area contributed by atoms with Crippen LogP contribution in [0, 0.1) is 0 Å². The molecule has 5 nitrogen and oxygen atoms in total. The van der Waals surface area contributed by atoms with E-state index in [0.29, 0.717) is 47.3 Å². The van der Waals surface area contributed by atoms with Crippen molar-refractivity contribution in [1.29, 1.82) is 0 Å². The van der Waals surface area contributed by atoms with Crippen LogP contribution >= 0.6 is 23.2 Å². The molecule has 0 N–H and O–H groups in total. The summed E-state index contributed by atoms with van der Waals surface area (Å²) in [4.78, 5) is 0. The van der Waals surface area contributed by atoms with Crippen LogP contribution in [0.2, 0.25) is 10.0 Å². The molecule has 27 heavy (non-hydrogen) atoms. The van der Waals surface area contributed by atoms with Crippen LogP contribution in [0.1, 0.15) is 24.5 Å². The van der Waals surface area contributed by atoms with Crippen LogP contribution in [0.4, 0.5) is 0 Å². The van der Waals surface area contributed by atoms with E-state index in [0.717, 1.165) is 0 Å². The second kappa shape index (κ2) is 8.80. The second-order valence-corrected chi connectivity index (χ2v) is 9.33. The molecule has 2 aromatic carbocycles. The predicted octanol–water partition coefficient (Wildman–Crippen LogP) is 4.34. The molecule has 1 fully saturated rings. The number of rotatable bonds is 6. The van der Waals surface area contributed by atoms with Gasteiger partial charge in [-0.2, -0.15) is 0 Å². The van der Waals surface area contributed by atoms with Gasteiger partial charge in [-0.15, -0.1) is 0 Å². The minimum atomic E-state index is -3.62. The first-order valence-electron chi connectivity index (χ1n) is 8.65. The van der Waals surface area contributed by atoms with E-state index in [1.165, 1.54) is 4.31 Å². The maximum Gasteiger partial charge on any atom is 0.217 e. The number of benzene rings is 2. The molecule has 1 aliphatic heterocycles. The smallest absolute Gasteiger partial charge is 0.217 e. The number of sulfonamides is 1. The van der Waals surface area contributed by atoms with E-state index in [9.17, 15) is 13.5 Å². The molecule has 1 aliphatic rings. The first-order chi connectivity index (χ1) is 12.8. The van der Waals surface area contributed by atoms with E-state index in [1.54, 1.807) is 48.5 Å². The average Bonchev–Trinajstić information content (AvgIpc) is 2.65. The second-order valence-electron chi connectivity index (χ2n) is 6.47. The third kappa shape index (κ3) is 5.36. The SMILES string of the molecule is [O][C@@H](CS(=O)(=O)N1CCC(Oc2ccc(Cl)cc2Cl)CC1)c1ccccc1. The summed E-state index contributed by atoms with van der Waals surface area (Å²) in [6.45, 7) is 0.638. The number of hydrogen-bond donors (Lipinski definition) is 0. The van der Waals surface area contributed by atoms with Gasteiger partial charge in [0.1, 0.15) is 18.0 Å². The van der Waals surface area contributed by atoms with Crippen molar-refractivity contribution in [2.75, 3.05) is 18.8 Å². The molecular weight excluding hydrogens is 409 g/mol. The average molecular weight is 429 g/mol. The topological polar surface area (TPSA) is 66.5 Å². The van der Waals surface area contributed by atoms with Crippen LogP contribution in [0.15, 0.2) is 48.5 Å². The van der Waals surface area contributed by atoms with E-state index in [2.05, 4.69) is 0 Å². The molecule has 0 aromatic heterocycles. The number of piperidine rings is 1. The minimum Gasteiger partial charge on any atom is -0.489 e. The van der Waals surface area contributed by atoms with Crippen LogP contribution in [-0.4, -0.2) is 37.7 Å². The normalized spacial score (nSPS) is 17.6. The molecule has 1 saturated heterocycles. The van der Waals surface area contributed by atoms with Gasteiger partial charge in [-0.3, -0.25) is 0 Å². The van der Waals surface area contributed by atoms with Gasteiger partial charge >= 0.3 is 0 Å². The minimum absolute atomic E-state index is 0.132. The summed E-state index contributed by atoms with van der Waals surface area (Å²) in [5, 5.41) is 13.3. The molecule has 3 rings (SSSR count). The van der Waals surface area contributed by atoms with Gasteiger partial charge in [0, 0.05) is 18.1 Å². The largest absolute Gasteiger partial charge is 0.489 e. The highest BCUT2D eigenvalue weighted by atomic mass is 35.5. The fourth-order valence-electron chi connectivity index (χ4n) is 3.04. The van der Waals surface area contributed by atoms with Gasteiger partial charge in [0.25, 0.3) is 0 Å². The van der Waals surface area contributed by atoms with Gasteiger partial charge in [-0.1, -0.05) is 53.5 Å². The summed E-state index contributed by atoms with van der Waals surface area (Å²) in [6.07, 6.45) is -0.356. The highest BCUT2D eigenvalue weighted by Gasteiger charge is 2.31. The summed E-state index contributed by atoms with van der Waals surface area (Å²) in [6, 6.07) is 13.6. The van der Waals surface area contributed by atoms with E-state index >= 15 is 0 Å². The fourth-order valence-corrected chi connectivity index (χ4v) is 5.05. The van der Waals surface area contributed by atoms with Gasteiger partial charge in [0.2, 0.25) is 10.0 Å². The molecule has 8 heteroatoms. The Hall–Kier alpha value is -1.31. The Labute approximate surface area is 169 Å². The number of ether oxygens (including phenoxy) is 1. The lowest BCUT2D eigenvalue weighted by atomic mass is 10.1. The van der Waals surface area contributed by atoms with Crippen molar-refractivity contribution in [2.24, 2.45) is 0 Å². The Morgan fingerprint density at radius 1 is 1.07 bits per heavy atom. The number of nitrogens with zero attached hydrogens (tertiary/aromatic N) is 1.